The van der Waals surface area contributed by atoms with Gasteiger partial charge < -0.3 is 24.4 Å². The third-order valence-corrected chi connectivity index (χ3v) is 6.36. The molecule has 0 radical (unpaired) electrons. The number of carbonyl (C=O) groups excluding carboxylic acids is 2. The van der Waals surface area contributed by atoms with E-state index in [2.05, 4.69) is 0 Å². The second-order valence-corrected chi connectivity index (χ2v) is 8.58. The lowest BCUT2D eigenvalue weighted by atomic mass is 9.94. The van der Waals surface area contributed by atoms with Gasteiger partial charge in [0, 0.05) is 11.8 Å². The van der Waals surface area contributed by atoms with E-state index < -0.39 is 23.5 Å². The number of nitrogens with zero attached hydrogens (tertiary/aromatic N) is 1. The average Bonchev–Trinajstić information content (AvgIpc) is 3.13. The van der Waals surface area contributed by atoms with Gasteiger partial charge >= 0.3 is 0 Å². The molecular formula is C26H21Cl2NO7. The van der Waals surface area contributed by atoms with Gasteiger partial charge in [0.25, 0.3) is 11.7 Å². The number of rotatable bonds is 6. The molecule has 1 fully saturated rings. The topological polar surface area (TPSA) is 106 Å². The van der Waals surface area contributed by atoms with Crippen LogP contribution in [-0.2, 0) is 9.59 Å². The Balaban J connectivity index is 1.99. The highest BCUT2D eigenvalue weighted by Gasteiger charge is 2.47. The molecule has 0 bridgehead atoms. The summed E-state index contributed by atoms with van der Waals surface area (Å²) in [5.41, 5.74) is 0.521. The maximum Gasteiger partial charge on any atom is 0.300 e. The van der Waals surface area contributed by atoms with Gasteiger partial charge in [-0.1, -0.05) is 35.3 Å². The Morgan fingerprint density at radius 2 is 1.53 bits per heavy atom. The predicted molar refractivity (Wildman–Crippen MR) is 135 cm³/mol. The Labute approximate surface area is 216 Å². The summed E-state index contributed by atoms with van der Waals surface area (Å²) < 4.78 is 15.8. The van der Waals surface area contributed by atoms with Crippen LogP contribution in [0.1, 0.15) is 17.2 Å². The van der Waals surface area contributed by atoms with E-state index in [1.807, 2.05) is 0 Å². The molecule has 36 heavy (non-hydrogen) atoms. The zero-order chi connectivity index (χ0) is 26.1. The van der Waals surface area contributed by atoms with Crippen molar-refractivity contribution in [2.75, 3.05) is 26.2 Å². The molecule has 10 heteroatoms. The summed E-state index contributed by atoms with van der Waals surface area (Å²) in [5, 5.41) is 21.9. The molecule has 1 atom stereocenters. The first-order valence-corrected chi connectivity index (χ1v) is 11.3. The van der Waals surface area contributed by atoms with Crippen molar-refractivity contribution in [1.29, 1.82) is 0 Å². The first-order chi connectivity index (χ1) is 17.2. The first kappa shape index (κ1) is 25.2. The van der Waals surface area contributed by atoms with E-state index in [1.165, 1.54) is 56.6 Å². The van der Waals surface area contributed by atoms with Crippen molar-refractivity contribution in [3.05, 3.63) is 81.3 Å². The van der Waals surface area contributed by atoms with E-state index in [4.69, 9.17) is 37.4 Å². The molecule has 3 aromatic rings. The van der Waals surface area contributed by atoms with E-state index in [0.717, 1.165) is 0 Å². The van der Waals surface area contributed by atoms with Crippen molar-refractivity contribution in [2.24, 2.45) is 0 Å². The lowest BCUT2D eigenvalue weighted by Crippen LogP contribution is -2.29. The van der Waals surface area contributed by atoms with Crippen LogP contribution in [0, 0.1) is 0 Å². The summed E-state index contributed by atoms with van der Waals surface area (Å²) in [4.78, 5) is 27.9. The highest BCUT2D eigenvalue weighted by molar-refractivity contribution is 6.52. The number of amides is 1. The second kappa shape index (κ2) is 10.0. The van der Waals surface area contributed by atoms with Gasteiger partial charge in [-0.15, -0.1) is 0 Å². The number of ketones is 1. The van der Waals surface area contributed by atoms with Crippen LogP contribution >= 0.6 is 23.2 Å². The van der Waals surface area contributed by atoms with Crippen molar-refractivity contribution in [2.45, 2.75) is 6.04 Å². The SMILES string of the molecule is COc1ccc(N2C(=O)C(=O)/C(=C(/O)c3cc(Cl)c(OC)cc3OC)C2c2cccc(O)c2)cc1Cl. The molecule has 0 spiro atoms. The van der Waals surface area contributed by atoms with Gasteiger partial charge in [-0.05, 0) is 42.0 Å². The van der Waals surface area contributed by atoms with Gasteiger partial charge in [0.15, 0.2) is 0 Å². The van der Waals surface area contributed by atoms with Crippen LogP contribution in [0.2, 0.25) is 10.0 Å². The summed E-state index contributed by atoms with van der Waals surface area (Å²) in [6.07, 6.45) is 0. The molecule has 1 unspecified atom stereocenters. The third kappa shape index (κ3) is 4.29. The van der Waals surface area contributed by atoms with Crippen molar-refractivity contribution in [3.8, 4) is 23.0 Å². The Bertz CT molecular complexity index is 1400. The molecule has 1 heterocycles. The predicted octanol–water partition coefficient (Wildman–Crippen LogP) is 5.35. The smallest absolute Gasteiger partial charge is 0.300 e. The molecule has 4 rings (SSSR count). The van der Waals surface area contributed by atoms with Crippen LogP contribution in [0.3, 0.4) is 0 Å². The number of aromatic hydroxyl groups is 1. The fourth-order valence-electron chi connectivity index (χ4n) is 4.10. The monoisotopic (exact) mass is 529 g/mol. The van der Waals surface area contributed by atoms with Crippen LogP contribution in [0.5, 0.6) is 23.0 Å². The van der Waals surface area contributed by atoms with Gasteiger partial charge in [-0.3, -0.25) is 14.5 Å². The van der Waals surface area contributed by atoms with Crippen molar-refractivity contribution >= 4 is 46.3 Å². The number of hydrogen-bond donors (Lipinski definition) is 2. The van der Waals surface area contributed by atoms with Crippen LogP contribution in [0.15, 0.2) is 60.2 Å². The fraction of sp³-hybridized carbons (Fsp3) is 0.154. The molecule has 1 aliphatic heterocycles. The highest BCUT2D eigenvalue weighted by atomic mass is 35.5. The number of aliphatic hydroxyl groups excluding tert-OH is 1. The second-order valence-electron chi connectivity index (χ2n) is 7.77. The van der Waals surface area contributed by atoms with E-state index in [-0.39, 0.29) is 38.4 Å². The van der Waals surface area contributed by atoms with Crippen molar-refractivity contribution in [3.63, 3.8) is 0 Å². The average molecular weight is 530 g/mol. The Kier molecular flexibility index (Phi) is 7.01. The Morgan fingerprint density at radius 1 is 0.861 bits per heavy atom. The fourth-order valence-corrected chi connectivity index (χ4v) is 4.60. The molecule has 1 amide bonds. The van der Waals surface area contributed by atoms with Gasteiger partial charge in [-0.25, -0.2) is 0 Å². The number of hydrogen-bond acceptors (Lipinski definition) is 7. The number of phenols is 1. The quantitative estimate of drug-likeness (QED) is 0.252. The maximum absolute atomic E-state index is 13.4. The van der Waals surface area contributed by atoms with Gasteiger partial charge in [0.1, 0.15) is 28.8 Å². The maximum atomic E-state index is 13.4. The lowest BCUT2D eigenvalue weighted by Gasteiger charge is -2.26. The standard InChI is InChI=1S/C26H21Cl2NO7/c1-34-19-8-7-14(10-17(19)27)29-23(13-5-4-6-15(30)9-13)22(25(32)26(29)33)24(31)16-11-18(28)21(36-3)12-20(16)35-2/h4-12,23,30-31H,1-3H3/b24-22+. The Hall–Kier alpha value is -3.88. The Morgan fingerprint density at radius 3 is 2.14 bits per heavy atom. The van der Waals surface area contributed by atoms with Gasteiger partial charge in [0.2, 0.25) is 0 Å². The van der Waals surface area contributed by atoms with E-state index in [1.54, 1.807) is 24.3 Å². The number of carbonyl (C=O) groups is 2. The number of Topliss-reactive ketones (excluding diaryl/α,β-unsaturated/α-hetero) is 1. The van der Waals surface area contributed by atoms with E-state index in [9.17, 15) is 19.8 Å². The molecule has 186 valence electrons. The zero-order valence-electron chi connectivity index (χ0n) is 19.4. The minimum absolute atomic E-state index is 0.0826. The number of methoxy groups -OCH3 is 3. The molecule has 1 aliphatic rings. The van der Waals surface area contributed by atoms with Crippen LogP contribution in [0.4, 0.5) is 5.69 Å². The molecule has 2 N–H and O–H groups in total. The van der Waals surface area contributed by atoms with Crippen molar-refractivity contribution < 1.29 is 34.0 Å². The summed E-state index contributed by atoms with van der Waals surface area (Å²) in [5.74, 6) is -1.60. The van der Waals surface area contributed by atoms with Gasteiger partial charge in [0.05, 0.1) is 48.6 Å². The van der Waals surface area contributed by atoms with Gasteiger partial charge in [-0.2, -0.15) is 0 Å². The normalized spacial score (nSPS) is 16.8. The number of anilines is 1. The number of phenolic OH excluding ortho intramolecular Hbond substituents is 1. The largest absolute Gasteiger partial charge is 0.508 e. The lowest BCUT2D eigenvalue weighted by molar-refractivity contribution is -0.132. The molecule has 0 aliphatic carbocycles. The van der Waals surface area contributed by atoms with Crippen LogP contribution < -0.4 is 19.1 Å². The summed E-state index contributed by atoms with van der Waals surface area (Å²) in [7, 11) is 4.25. The highest BCUT2D eigenvalue weighted by Crippen LogP contribution is 2.46. The minimum Gasteiger partial charge on any atom is -0.508 e. The minimum atomic E-state index is -1.10. The molecule has 8 nitrogen and oxygen atoms in total. The number of aliphatic hydroxyl groups is 1. The number of halogens is 2. The molecule has 3 aromatic carbocycles. The third-order valence-electron chi connectivity index (χ3n) is 5.77. The number of ether oxygens (including phenoxy) is 3. The number of benzene rings is 3. The summed E-state index contributed by atoms with van der Waals surface area (Å²) in [6, 6.07) is 12.4. The zero-order valence-corrected chi connectivity index (χ0v) is 20.9. The molecule has 0 aromatic heterocycles. The summed E-state index contributed by atoms with van der Waals surface area (Å²) in [6.45, 7) is 0. The summed E-state index contributed by atoms with van der Waals surface area (Å²) >= 11 is 12.6. The molecule has 1 saturated heterocycles. The molecule has 0 saturated carbocycles. The van der Waals surface area contributed by atoms with Crippen molar-refractivity contribution in [1.82, 2.24) is 0 Å². The first-order valence-electron chi connectivity index (χ1n) is 10.6. The van der Waals surface area contributed by atoms with E-state index in [0.29, 0.717) is 17.1 Å². The van der Waals surface area contributed by atoms with Crippen LogP contribution in [-0.4, -0.2) is 43.2 Å². The van der Waals surface area contributed by atoms with E-state index >= 15 is 0 Å². The molecular weight excluding hydrogens is 509 g/mol. The van der Waals surface area contributed by atoms with Crippen LogP contribution in [0.25, 0.3) is 5.76 Å².